The van der Waals surface area contributed by atoms with Gasteiger partial charge in [0.05, 0.1) is 5.69 Å². The number of aromatic nitrogens is 1. The van der Waals surface area contributed by atoms with E-state index in [0.717, 1.165) is 62.8 Å². The van der Waals surface area contributed by atoms with Crippen molar-refractivity contribution >= 4 is 28.3 Å². The largest absolute Gasteiger partial charge is 0.342 e. The molecule has 1 aromatic rings. The first kappa shape index (κ1) is 19.8. The lowest BCUT2D eigenvalue weighted by Gasteiger charge is -2.34. The maximum Gasteiger partial charge on any atom is 0.229 e. The summed E-state index contributed by atoms with van der Waals surface area (Å²) in [5.41, 5.74) is 1.05. The Balaban J connectivity index is 1.24. The number of nitrogens with zero attached hydrogens (tertiary/aromatic N) is 3. The van der Waals surface area contributed by atoms with Crippen LogP contribution in [0.5, 0.6) is 0 Å². The van der Waals surface area contributed by atoms with Crippen molar-refractivity contribution in [1.82, 2.24) is 14.8 Å². The molecule has 2 amide bonds. The van der Waals surface area contributed by atoms with Crippen molar-refractivity contribution in [2.45, 2.75) is 52.5 Å². The van der Waals surface area contributed by atoms with Crippen molar-refractivity contribution in [3.05, 3.63) is 11.1 Å². The van der Waals surface area contributed by atoms with Crippen LogP contribution in [0.25, 0.3) is 0 Å². The van der Waals surface area contributed by atoms with E-state index < -0.39 is 0 Å². The lowest BCUT2D eigenvalue weighted by atomic mass is 9.92. The Hall–Kier alpha value is -1.47. The maximum absolute atomic E-state index is 12.6. The second kappa shape index (κ2) is 8.49. The van der Waals surface area contributed by atoms with E-state index >= 15 is 0 Å². The van der Waals surface area contributed by atoms with Crippen LogP contribution in [0.4, 0.5) is 5.13 Å². The second-order valence-corrected chi connectivity index (χ2v) is 10.0. The van der Waals surface area contributed by atoms with Crippen LogP contribution in [-0.4, -0.2) is 52.8 Å². The highest BCUT2D eigenvalue weighted by molar-refractivity contribution is 7.13. The van der Waals surface area contributed by atoms with E-state index in [1.165, 1.54) is 17.8 Å². The molecule has 2 atom stereocenters. The molecule has 1 saturated carbocycles. The van der Waals surface area contributed by atoms with E-state index in [1.54, 1.807) is 0 Å². The zero-order valence-corrected chi connectivity index (χ0v) is 17.8. The number of piperidine rings is 2. The average molecular weight is 405 g/mol. The highest BCUT2D eigenvalue weighted by Gasteiger charge is 2.36. The zero-order chi connectivity index (χ0) is 19.7. The lowest BCUT2D eigenvalue weighted by Crippen LogP contribution is -2.42. The van der Waals surface area contributed by atoms with E-state index in [9.17, 15) is 9.59 Å². The summed E-state index contributed by atoms with van der Waals surface area (Å²) >= 11 is 1.52. The quantitative estimate of drug-likeness (QED) is 0.818. The van der Waals surface area contributed by atoms with Gasteiger partial charge >= 0.3 is 0 Å². The van der Waals surface area contributed by atoms with Crippen LogP contribution in [0.1, 0.15) is 51.6 Å². The minimum Gasteiger partial charge on any atom is -0.342 e. The van der Waals surface area contributed by atoms with Crippen molar-refractivity contribution in [2.24, 2.45) is 23.7 Å². The van der Waals surface area contributed by atoms with Crippen LogP contribution in [0.15, 0.2) is 5.38 Å². The van der Waals surface area contributed by atoms with Gasteiger partial charge in [0.25, 0.3) is 0 Å². The molecular weight excluding hydrogens is 372 g/mol. The maximum atomic E-state index is 12.6. The summed E-state index contributed by atoms with van der Waals surface area (Å²) in [4.78, 5) is 33.8. The predicted octanol–water partition coefficient (Wildman–Crippen LogP) is 3.21. The topological polar surface area (TPSA) is 65.5 Å². The van der Waals surface area contributed by atoms with E-state index in [4.69, 9.17) is 0 Å². The Morgan fingerprint density at radius 1 is 1.11 bits per heavy atom. The number of carbonyl (C=O) groups is 2. The van der Waals surface area contributed by atoms with Gasteiger partial charge in [0.15, 0.2) is 5.13 Å². The number of hydrogen-bond acceptors (Lipinski definition) is 5. The number of likely N-dealkylation sites (tertiary alicyclic amines) is 2. The Labute approximate surface area is 171 Å². The van der Waals surface area contributed by atoms with Gasteiger partial charge in [0.2, 0.25) is 11.8 Å². The summed E-state index contributed by atoms with van der Waals surface area (Å²) in [5, 5.41) is 5.78. The molecule has 3 heterocycles. The highest BCUT2D eigenvalue weighted by Crippen LogP contribution is 2.32. The molecule has 6 nitrogen and oxygen atoms in total. The van der Waals surface area contributed by atoms with E-state index in [1.807, 2.05) is 4.90 Å². The van der Waals surface area contributed by atoms with E-state index in [2.05, 4.69) is 34.4 Å². The van der Waals surface area contributed by atoms with Crippen LogP contribution >= 0.6 is 11.3 Å². The minimum atomic E-state index is -0.0144. The third kappa shape index (κ3) is 4.92. The molecule has 3 aliphatic rings. The van der Waals surface area contributed by atoms with Crippen molar-refractivity contribution in [2.75, 3.05) is 31.5 Å². The minimum absolute atomic E-state index is 0.0144. The number of nitrogens with one attached hydrogen (secondary N) is 1. The fourth-order valence-corrected chi connectivity index (χ4v) is 5.45. The molecule has 1 aromatic heterocycles. The van der Waals surface area contributed by atoms with Gasteiger partial charge in [-0.05, 0) is 43.9 Å². The van der Waals surface area contributed by atoms with Crippen molar-refractivity contribution < 1.29 is 9.59 Å². The summed E-state index contributed by atoms with van der Waals surface area (Å²) in [6.07, 6.45) is 4.90. The molecule has 1 aliphatic carbocycles. The molecule has 0 radical (unpaired) electrons. The van der Waals surface area contributed by atoms with E-state index in [0.29, 0.717) is 24.1 Å². The van der Waals surface area contributed by atoms with Crippen LogP contribution in [0.3, 0.4) is 0 Å². The Morgan fingerprint density at radius 2 is 1.79 bits per heavy atom. The van der Waals surface area contributed by atoms with Crippen LogP contribution in [-0.2, 0) is 16.1 Å². The van der Waals surface area contributed by atoms with Crippen LogP contribution in [0.2, 0.25) is 0 Å². The number of anilines is 1. The summed E-state index contributed by atoms with van der Waals surface area (Å²) in [5.74, 6) is 2.08. The van der Waals surface area contributed by atoms with Gasteiger partial charge in [-0.2, -0.15) is 0 Å². The van der Waals surface area contributed by atoms with Gasteiger partial charge in [0, 0.05) is 49.9 Å². The molecule has 7 heteroatoms. The third-order valence-electron chi connectivity index (χ3n) is 6.22. The Kier molecular flexibility index (Phi) is 6.01. The summed E-state index contributed by atoms with van der Waals surface area (Å²) in [6.45, 7) is 9.17. The van der Waals surface area contributed by atoms with Crippen molar-refractivity contribution in [3.8, 4) is 0 Å². The van der Waals surface area contributed by atoms with E-state index in [-0.39, 0.29) is 17.7 Å². The smallest absolute Gasteiger partial charge is 0.229 e. The summed E-state index contributed by atoms with van der Waals surface area (Å²) in [6, 6.07) is 0. The fraction of sp³-hybridized carbons (Fsp3) is 0.762. The predicted molar refractivity (Wildman–Crippen MR) is 111 cm³/mol. The van der Waals surface area contributed by atoms with Gasteiger partial charge in [0.1, 0.15) is 0 Å². The Bertz CT molecular complexity index is 699. The summed E-state index contributed by atoms with van der Waals surface area (Å²) < 4.78 is 0. The van der Waals surface area contributed by atoms with Gasteiger partial charge in [-0.25, -0.2) is 4.98 Å². The molecule has 28 heavy (non-hydrogen) atoms. The standard InChI is InChI=1S/C21H32N4O2S/c1-14-9-15(2)11-24(10-14)12-18-13-28-21(22-18)23-19(26)16-5-7-25(8-6-16)20(27)17-3-4-17/h13-17H,3-12H2,1-2H3,(H,22,23,26). The molecule has 2 aliphatic heterocycles. The van der Waals surface area contributed by atoms with Gasteiger partial charge in [-0.1, -0.05) is 13.8 Å². The number of amides is 2. The molecule has 2 unspecified atom stereocenters. The van der Waals surface area contributed by atoms with Gasteiger partial charge in [-0.3, -0.25) is 14.5 Å². The van der Waals surface area contributed by atoms with Crippen LogP contribution in [0, 0.1) is 23.7 Å². The summed E-state index contributed by atoms with van der Waals surface area (Å²) in [7, 11) is 0. The SMILES string of the molecule is CC1CC(C)CN(Cc2csc(NC(=O)C3CCN(C(=O)C4CC4)CC3)n2)C1. The Morgan fingerprint density at radius 3 is 2.43 bits per heavy atom. The molecule has 3 fully saturated rings. The molecule has 2 saturated heterocycles. The lowest BCUT2D eigenvalue weighted by molar-refractivity contribution is -0.135. The molecule has 0 bridgehead atoms. The highest BCUT2D eigenvalue weighted by atomic mass is 32.1. The molecular formula is C21H32N4O2S. The molecule has 4 rings (SSSR count). The first-order valence-electron chi connectivity index (χ1n) is 10.7. The van der Waals surface area contributed by atoms with Gasteiger partial charge < -0.3 is 10.2 Å². The number of rotatable bonds is 5. The van der Waals surface area contributed by atoms with Crippen molar-refractivity contribution in [1.29, 1.82) is 0 Å². The average Bonchev–Trinajstić information content (AvgIpc) is 3.42. The zero-order valence-electron chi connectivity index (χ0n) is 17.0. The molecule has 154 valence electrons. The van der Waals surface area contributed by atoms with Crippen molar-refractivity contribution in [3.63, 3.8) is 0 Å². The molecule has 0 aromatic carbocycles. The first-order chi connectivity index (χ1) is 13.5. The second-order valence-electron chi connectivity index (χ2n) is 9.15. The van der Waals surface area contributed by atoms with Gasteiger partial charge in [-0.15, -0.1) is 11.3 Å². The number of thiazole rings is 1. The number of hydrogen-bond donors (Lipinski definition) is 1. The fourth-order valence-electron chi connectivity index (χ4n) is 4.75. The molecule has 0 spiro atoms. The monoisotopic (exact) mass is 404 g/mol. The molecule has 1 N–H and O–H groups in total. The third-order valence-corrected chi connectivity index (χ3v) is 7.02. The number of carbonyl (C=O) groups excluding carboxylic acids is 2. The van der Waals surface area contributed by atoms with Crippen LogP contribution < -0.4 is 5.32 Å². The normalized spacial score (nSPS) is 27.0. The first-order valence-corrected chi connectivity index (χ1v) is 11.6.